The van der Waals surface area contributed by atoms with Crippen molar-refractivity contribution in [2.75, 3.05) is 13.2 Å². The first-order valence-corrected chi connectivity index (χ1v) is 8.56. The minimum atomic E-state index is -0.585. The molecule has 7 heteroatoms. The van der Waals surface area contributed by atoms with E-state index < -0.39 is 5.97 Å². The third-order valence-electron chi connectivity index (χ3n) is 4.03. The third-order valence-corrected chi connectivity index (χ3v) is 4.03. The minimum Gasteiger partial charge on any atom is -0.455 e. The number of H-pyrrole nitrogens is 1. The molecule has 0 aliphatic heterocycles. The van der Waals surface area contributed by atoms with Crippen molar-refractivity contribution < 1.29 is 14.3 Å². The van der Waals surface area contributed by atoms with Crippen molar-refractivity contribution in [2.24, 2.45) is 0 Å². The van der Waals surface area contributed by atoms with Gasteiger partial charge in [-0.1, -0.05) is 48.5 Å². The van der Waals surface area contributed by atoms with Gasteiger partial charge in [0.25, 0.3) is 11.5 Å². The molecule has 2 N–H and O–H groups in total. The Kier molecular flexibility index (Phi) is 5.94. The highest BCUT2D eigenvalue weighted by Crippen LogP contribution is 2.13. The van der Waals surface area contributed by atoms with Gasteiger partial charge in [0.05, 0.1) is 17.5 Å². The van der Waals surface area contributed by atoms with E-state index in [2.05, 4.69) is 15.5 Å². The molecule has 2 aromatic carbocycles. The lowest BCUT2D eigenvalue weighted by molar-refractivity contribution is -0.147. The summed E-state index contributed by atoms with van der Waals surface area (Å²) >= 11 is 0. The first-order chi connectivity index (χ1) is 13.1. The second kappa shape index (κ2) is 8.75. The predicted molar refractivity (Wildman–Crippen MR) is 100 cm³/mol. The fourth-order valence-corrected chi connectivity index (χ4v) is 2.68. The molecular formula is C20H19N3O4. The van der Waals surface area contributed by atoms with Gasteiger partial charge in [-0.2, -0.15) is 5.10 Å². The van der Waals surface area contributed by atoms with E-state index in [1.807, 2.05) is 30.3 Å². The summed E-state index contributed by atoms with van der Waals surface area (Å²) < 4.78 is 5.01. The van der Waals surface area contributed by atoms with Crippen molar-refractivity contribution in [3.63, 3.8) is 0 Å². The number of aromatic nitrogens is 2. The van der Waals surface area contributed by atoms with E-state index in [9.17, 15) is 14.4 Å². The molecule has 0 unspecified atom stereocenters. The molecule has 0 aliphatic rings. The summed E-state index contributed by atoms with van der Waals surface area (Å²) in [5.74, 6) is -0.948. The van der Waals surface area contributed by atoms with Crippen LogP contribution >= 0.6 is 0 Å². The fraction of sp³-hybridized carbons (Fsp3) is 0.200. The zero-order valence-electron chi connectivity index (χ0n) is 14.6. The smallest absolute Gasteiger partial charge is 0.312 e. The molecule has 7 nitrogen and oxygen atoms in total. The van der Waals surface area contributed by atoms with E-state index in [1.54, 1.807) is 24.3 Å². The number of fused-ring (bicyclic) bond motifs is 1. The number of amides is 1. The topological polar surface area (TPSA) is 101 Å². The molecule has 0 fully saturated rings. The van der Waals surface area contributed by atoms with Crippen molar-refractivity contribution in [3.8, 4) is 0 Å². The van der Waals surface area contributed by atoms with Crippen molar-refractivity contribution in [1.29, 1.82) is 0 Å². The van der Waals surface area contributed by atoms with E-state index in [0.717, 1.165) is 5.56 Å². The number of nitrogens with one attached hydrogen (secondary N) is 2. The summed E-state index contributed by atoms with van der Waals surface area (Å²) in [6.07, 6.45) is 0.572. The van der Waals surface area contributed by atoms with Gasteiger partial charge < -0.3 is 10.1 Å². The van der Waals surface area contributed by atoms with Gasteiger partial charge in [0.15, 0.2) is 6.61 Å². The summed E-state index contributed by atoms with van der Waals surface area (Å²) in [7, 11) is 0. The number of aromatic amines is 1. The van der Waals surface area contributed by atoms with E-state index in [4.69, 9.17) is 4.74 Å². The molecule has 138 valence electrons. The fourth-order valence-electron chi connectivity index (χ4n) is 2.68. The Bertz CT molecular complexity index is 999. The average molecular weight is 365 g/mol. The standard InChI is InChI=1S/C20H19N3O4/c24-18(21-11-10-14-6-2-1-3-7-14)13-27-19(25)12-17-15-8-4-5-9-16(15)20(26)23-22-17/h1-9H,10-13H2,(H,21,24)(H,23,26). The zero-order chi connectivity index (χ0) is 19.1. The van der Waals surface area contributed by atoms with Crippen LogP contribution in [0, 0.1) is 0 Å². The van der Waals surface area contributed by atoms with Crippen LogP contribution in [0.4, 0.5) is 0 Å². The van der Waals surface area contributed by atoms with Crippen LogP contribution in [-0.2, 0) is 27.2 Å². The van der Waals surface area contributed by atoms with Gasteiger partial charge in [-0.3, -0.25) is 14.4 Å². The number of hydrogen-bond acceptors (Lipinski definition) is 5. The molecule has 0 bridgehead atoms. The summed E-state index contributed by atoms with van der Waals surface area (Å²) in [6, 6.07) is 16.6. The first-order valence-electron chi connectivity index (χ1n) is 8.56. The highest BCUT2D eigenvalue weighted by atomic mass is 16.5. The molecule has 3 rings (SSSR count). The molecule has 3 aromatic rings. The van der Waals surface area contributed by atoms with Crippen molar-refractivity contribution in [1.82, 2.24) is 15.5 Å². The molecular weight excluding hydrogens is 346 g/mol. The molecule has 0 atom stereocenters. The number of carbonyl (C=O) groups is 2. The molecule has 0 radical (unpaired) electrons. The molecule has 1 aromatic heterocycles. The minimum absolute atomic E-state index is 0.130. The van der Waals surface area contributed by atoms with Gasteiger partial charge in [0, 0.05) is 11.9 Å². The van der Waals surface area contributed by atoms with E-state index in [0.29, 0.717) is 29.4 Å². The largest absolute Gasteiger partial charge is 0.455 e. The van der Waals surface area contributed by atoms with Gasteiger partial charge in [0.1, 0.15) is 0 Å². The molecule has 1 heterocycles. The highest BCUT2D eigenvalue weighted by Gasteiger charge is 2.13. The van der Waals surface area contributed by atoms with Crippen LogP contribution in [0.2, 0.25) is 0 Å². The lowest BCUT2D eigenvalue weighted by atomic mass is 10.1. The molecule has 0 saturated heterocycles. The third kappa shape index (κ3) is 5.01. The number of benzene rings is 2. The number of ether oxygens (including phenoxy) is 1. The Balaban J connectivity index is 1.48. The van der Waals surface area contributed by atoms with Crippen LogP contribution in [0.5, 0.6) is 0 Å². The average Bonchev–Trinajstić information content (AvgIpc) is 2.70. The van der Waals surface area contributed by atoms with E-state index in [1.165, 1.54) is 0 Å². The summed E-state index contributed by atoms with van der Waals surface area (Å²) in [4.78, 5) is 35.5. The second-order valence-electron chi connectivity index (χ2n) is 5.97. The Morgan fingerprint density at radius 3 is 2.48 bits per heavy atom. The predicted octanol–water partition coefficient (Wildman–Crippen LogP) is 1.37. The van der Waals surface area contributed by atoms with Crippen LogP contribution in [0.25, 0.3) is 10.8 Å². The van der Waals surface area contributed by atoms with Crippen LogP contribution in [0.3, 0.4) is 0 Å². The van der Waals surface area contributed by atoms with Crippen LogP contribution in [0.1, 0.15) is 11.3 Å². The number of hydrogen-bond donors (Lipinski definition) is 2. The summed E-state index contributed by atoms with van der Waals surface area (Å²) in [5.41, 5.74) is 1.20. The quantitative estimate of drug-likeness (QED) is 0.616. The van der Waals surface area contributed by atoms with Crippen molar-refractivity contribution >= 4 is 22.6 Å². The Labute approximate surface area is 155 Å². The van der Waals surface area contributed by atoms with Gasteiger partial charge in [-0.05, 0) is 18.1 Å². The molecule has 0 aliphatic carbocycles. The van der Waals surface area contributed by atoms with E-state index >= 15 is 0 Å². The first kappa shape index (κ1) is 18.3. The van der Waals surface area contributed by atoms with E-state index in [-0.39, 0.29) is 24.5 Å². The highest BCUT2D eigenvalue weighted by molar-refractivity contribution is 5.87. The maximum Gasteiger partial charge on any atom is 0.312 e. The lowest BCUT2D eigenvalue weighted by Crippen LogP contribution is -2.30. The van der Waals surface area contributed by atoms with Crippen LogP contribution < -0.4 is 10.9 Å². The monoisotopic (exact) mass is 365 g/mol. The SMILES string of the molecule is O=C(COC(=O)Cc1n[nH]c(=O)c2ccccc12)NCCc1ccccc1. The van der Waals surface area contributed by atoms with Gasteiger partial charge in [0.2, 0.25) is 0 Å². The summed E-state index contributed by atoms with van der Waals surface area (Å²) in [5, 5.41) is 10.0. The normalized spacial score (nSPS) is 10.5. The van der Waals surface area contributed by atoms with Crippen molar-refractivity contribution in [3.05, 3.63) is 76.2 Å². The molecule has 0 saturated carbocycles. The Hall–Kier alpha value is -3.48. The molecule has 0 spiro atoms. The van der Waals surface area contributed by atoms with Gasteiger partial charge in [-0.15, -0.1) is 0 Å². The van der Waals surface area contributed by atoms with Crippen LogP contribution in [-0.4, -0.2) is 35.2 Å². The maximum atomic E-state index is 12.0. The maximum absolute atomic E-state index is 12.0. The number of carbonyl (C=O) groups excluding carboxylic acids is 2. The Morgan fingerprint density at radius 2 is 1.70 bits per heavy atom. The number of esters is 1. The van der Waals surface area contributed by atoms with Crippen LogP contribution in [0.15, 0.2) is 59.4 Å². The van der Waals surface area contributed by atoms with Gasteiger partial charge in [-0.25, -0.2) is 5.10 Å². The lowest BCUT2D eigenvalue weighted by Gasteiger charge is -2.07. The number of nitrogens with zero attached hydrogens (tertiary/aromatic N) is 1. The number of rotatable bonds is 7. The molecule has 1 amide bonds. The second-order valence-corrected chi connectivity index (χ2v) is 5.97. The molecule has 27 heavy (non-hydrogen) atoms. The zero-order valence-corrected chi connectivity index (χ0v) is 14.6. The Morgan fingerprint density at radius 1 is 1.00 bits per heavy atom. The van der Waals surface area contributed by atoms with Gasteiger partial charge >= 0.3 is 5.97 Å². The van der Waals surface area contributed by atoms with Crippen molar-refractivity contribution in [2.45, 2.75) is 12.8 Å². The summed E-state index contributed by atoms with van der Waals surface area (Å²) in [6.45, 7) is 0.113.